The Hall–Kier alpha value is -2.51. The third-order valence-corrected chi connectivity index (χ3v) is 5.43. The number of amides is 1. The van der Waals surface area contributed by atoms with E-state index in [4.69, 9.17) is 0 Å². The number of nitrogens with one attached hydrogen (secondary N) is 2. The maximum atomic E-state index is 12.9. The second-order valence-electron chi connectivity index (χ2n) is 7.35. The molecule has 7 nitrogen and oxygen atoms in total. The second kappa shape index (κ2) is 7.62. The van der Waals surface area contributed by atoms with Crippen molar-refractivity contribution >= 4 is 11.9 Å². The number of nitrogens with zero attached hydrogens (tertiary/aromatic N) is 4. The lowest BCUT2D eigenvalue weighted by atomic mass is 9.96. The van der Waals surface area contributed by atoms with Crippen molar-refractivity contribution in [1.82, 2.24) is 25.7 Å². The zero-order valence-corrected chi connectivity index (χ0v) is 15.9. The summed E-state index contributed by atoms with van der Waals surface area (Å²) in [4.78, 5) is 25.6. The Morgan fingerprint density at radius 3 is 2.52 bits per heavy atom. The number of aryl methyl sites for hydroxylation is 2. The molecule has 1 amide bonds. The van der Waals surface area contributed by atoms with Crippen LogP contribution in [0.1, 0.15) is 29.2 Å². The van der Waals surface area contributed by atoms with Crippen LogP contribution in [0.25, 0.3) is 0 Å². The number of benzene rings is 1. The summed E-state index contributed by atoms with van der Waals surface area (Å²) < 4.78 is 0. The SMILES string of the molecule is Cc1ccc(C2CC(C(=O)N3CCN(c4ncccn4)CC3)NN2)c(C)c1. The van der Waals surface area contributed by atoms with Gasteiger partial charge in [-0.3, -0.25) is 4.79 Å². The molecule has 0 spiro atoms. The van der Waals surface area contributed by atoms with Gasteiger partial charge in [0.15, 0.2) is 0 Å². The second-order valence-corrected chi connectivity index (χ2v) is 7.35. The van der Waals surface area contributed by atoms with Gasteiger partial charge in [0.05, 0.1) is 0 Å². The normalized spacial score (nSPS) is 22.9. The minimum atomic E-state index is -0.185. The first-order valence-electron chi connectivity index (χ1n) is 9.51. The standard InChI is InChI=1S/C20H26N6O/c1-14-4-5-16(15(2)12-14)17-13-18(24-23-17)19(27)25-8-10-26(11-9-25)20-21-6-3-7-22-20/h3-7,12,17-18,23-24H,8-11,13H2,1-2H3. The van der Waals surface area contributed by atoms with Crippen molar-refractivity contribution in [2.75, 3.05) is 31.1 Å². The number of anilines is 1. The first kappa shape index (κ1) is 17.9. The number of hydrazine groups is 1. The fraction of sp³-hybridized carbons (Fsp3) is 0.450. The van der Waals surface area contributed by atoms with Gasteiger partial charge in [0.2, 0.25) is 11.9 Å². The van der Waals surface area contributed by atoms with Crippen LogP contribution >= 0.6 is 0 Å². The summed E-state index contributed by atoms with van der Waals surface area (Å²) in [5.74, 6) is 0.906. The summed E-state index contributed by atoms with van der Waals surface area (Å²) >= 11 is 0. The van der Waals surface area contributed by atoms with Gasteiger partial charge in [0.25, 0.3) is 0 Å². The average molecular weight is 366 g/mol. The number of hydrogen-bond donors (Lipinski definition) is 2. The van der Waals surface area contributed by atoms with Crippen molar-refractivity contribution in [3.05, 3.63) is 53.3 Å². The summed E-state index contributed by atoms with van der Waals surface area (Å²) in [6.45, 7) is 7.15. The van der Waals surface area contributed by atoms with E-state index >= 15 is 0 Å². The summed E-state index contributed by atoms with van der Waals surface area (Å²) in [6.07, 6.45) is 4.27. The van der Waals surface area contributed by atoms with Crippen LogP contribution in [0, 0.1) is 13.8 Å². The van der Waals surface area contributed by atoms with Crippen LogP contribution in [0.3, 0.4) is 0 Å². The van der Waals surface area contributed by atoms with Gasteiger partial charge in [0, 0.05) is 44.6 Å². The van der Waals surface area contributed by atoms with Crippen molar-refractivity contribution < 1.29 is 4.79 Å². The van der Waals surface area contributed by atoms with Crippen LogP contribution in [0.2, 0.25) is 0 Å². The lowest BCUT2D eigenvalue weighted by Gasteiger charge is -2.35. The van der Waals surface area contributed by atoms with E-state index in [-0.39, 0.29) is 18.0 Å². The predicted molar refractivity (Wildman–Crippen MR) is 104 cm³/mol. The van der Waals surface area contributed by atoms with Crippen LogP contribution in [-0.4, -0.2) is 53.0 Å². The largest absolute Gasteiger partial charge is 0.338 e. The lowest BCUT2D eigenvalue weighted by Crippen LogP contribution is -2.54. The maximum Gasteiger partial charge on any atom is 0.241 e. The van der Waals surface area contributed by atoms with Crippen LogP contribution in [0.4, 0.5) is 5.95 Å². The van der Waals surface area contributed by atoms with Gasteiger partial charge in [-0.15, -0.1) is 0 Å². The average Bonchev–Trinajstić information content (AvgIpc) is 3.18. The van der Waals surface area contributed by atoms with Crippen molar-refractivity contribution in [3.8, 4) is 0 Å². The molecule has 2 aliphatic heterocycles. The third-order valence-electron chi connectivity index (χ3n) is 5.43. The molecule has 2 aliphatic rings. The van der Waals surface area contributed by atoms with Crippen LogP contribution in [-0.2, 0) is 4.79 Å². The summed E-state index contributed by atoms with van der Waals surface area (Å²) in [7, 11) is 0. The molecule has 1 aromatic carbocycles. The Morgan fingerprint density at radius 2 is 1.81 bits per heavy atom. The molecule has 0 aliphatic carbocycles. The fourth-order valence-corrected chi connectivity index (χ4v) is 3.94. The topological polar surface area (TPSA) is 73.4 Å². The van der Waals surface area contributed by atoms with Gasteiger partial charge in [-0.2, -0.15) is 0 Å². The molecule has 142 valence electrons. The molecular weight excluding hydrogens is 340 g/mol. The van der Waals surface area contributed by atoms with Crippen LogP contribution in [0.5, 0.6) is 0 Å². The highest BCUT2D eigenvalue weighted by molar-refractivity contribution is 5.82. The molecule has 0 radical (unpaired) electrons. The molecular formula is C20H26N6O. The number of aromatic nitrogens is 2. The highest BCUT2D eigenvalue weighted by atomic mass is 16.2. The molecule has 4 rings (SSSR count). The molecule has 1 aromatic heterocycles. The van der Waals surface area contributed by atoms with E-state index in [1.807, 2.05) is 11.0 Å². The van der Waals surface area contributed by atoms with Crippen molar-refractivity contribution in [1.29, 1.82) is 0 Å². The molecule has 2 saturated heterocycles. The zero-order valence-electron chi connectivity index (χ0n) is 15.9. The number of carbonyl (C=O) groups is 1. The molecule has 2 N–H and O–H groups in total. The van der Waals surface area contributed by atoms with Gasteiger partial charge in [-0.25, -0.2) is 20.8 Å². The molecule has 2 fully saturated rings. The number of hydrogen-bond acceptors (Lipinski definition) is 6. The minimum Gasteiger partial charge on any atom is -0.338 e. The quantitative estimate of drug-likeness (QED) is 0.854. The number of carbonyl (C=O) groups excluding carboxylic acids is 1. The van der Waals surface area contributed by atoms with Crippen molar-refractivity contribution in [3.63, 3.8) is 0 Å². The van der Waals surface area contributed by atoms with Crippen molar-refractivity contribution in [2.45, 2.75) is 32.4 Å². The smallest absolute Gasteiger partial charge is 0.241 e. The lowest BCUT2D eigenvalue weighted by molar-refractivity contribution is -0.133. The van der Waals surface area contributed by atoms with Gasteiger partial charge < -0.3 is 9.80 Å². The number of piperazine rings is 1. The first-order chi connectivity index (χ1) is 13.1. The van der Waals surface area contributed by atoms with E-state index < -0.39 is 0 Å². The highest BCUT2D eigenvalue weighted by Crippen LogP contribution is 2.26. The zero-order chi connectivity index (χ0) is 18.8. The predicted octanol–water partition coefficient (Wildman–Crippen LogP) is 1.35. The monoisotopic (exact) mass is 366 g/mol. The van der Waals surface area contributed by atoms with Crippen LogP contribution < -0.4 is 15.8 Å². The van der Waals surface area contributed by atoms with E-state index in [0.29, 0.717) is 13.1 Å². The Morgan fingerprint density at radius 1 is 1.07 bits per heavy atom. The van der Waals surface area contributed by atoms with Crippen molar-refractivity contribution in [2.24, 2.45) is 0 Å². The highest BCUT2D eigenvalue weighted by Gasteiger charge is 2.34. The molecule has 0 bridgehead atoms. The first-order valence-corrected chi connectivity index (χ1v) is 9.51. The number of rotatable bonds is 3. The van der Waals surface area contributed by atoms with Gasteiger partial charge >= 0.3 is 0 Å². The van der Waals surface area contributed by atoms with E-state index in [2.05, 4.69) is 57.8 Å². The molecule has 3 heterocycles. The Kier molecular flexibility index (Phi) is 5.05. The Labute approximate surface area is 159 Å². The molecule has 27 heavy (non-hydrogen) atoms. The maximum absolute atomic E-state index is 12.9. The van der Waals surface area contributed by atoms with Gasteiger partial charge in [-0.1, -0.05) is 23.8 Å². The van der Waals surface area contributed by atoms with Crippen LogP contribution in [0.15, 0.2) is 36.7 Å². The van der Waals surface area contributed by atoms with Gasteiger partial charge in [0.1, 0.15) is 6.04 Å². The third kappa shape index (κ3) is 3.79. The summed E-state index contributed by atoms with van der Waals surface area (Å²) in [5, 5.41) is 0. The summed E-state index contributed by atoms with van der Waals surface area (Å²) in [5.41, 5.74) is 10.3. The summed E-state index contributed by atoms with van der Waals surface area (Å²) in [6, 6.07) is 8.28. The molecule has 0 saturated carbocycles. The fourth-order valence-electron chi connectivity index (χ4n) is 3.94. The van der Waals surface area contributed by atoms with Gasteiger partial charge in [-0.05, 0) is 37.5 Å². The molecule has 7 heteroatoms. The van der Waals surface area contributed by atoms with E-state index in [1.165, 1.54) is 16.7 Å². The molecule has 2 aromatic rings. The Bertz CT molecular complexity index is 803. The van der Waals surface area contributed by atoms with E-state index in [9.17, 15) is 4.79 Å². The molecule has 2 atom stereocenters. The van der Waals surface area contributed by atoms with E-state index in [0.717, 1.165) is 25.5 Å². The van der Waals surface area contributed by atoms with E-state index in [1.54, 1.807) is 12.4 Å². The Balaban J connectivity index is 1.34. The minimum absolute atomic E-state index is 0.165. The molecule has 2 unspecified atom stereocenters.